The van der Waals surface area contributed by atoms with Crippen LogP contribution in [0.4, 0.5) is 0 Å². The summed E-state index contributed by atoms with van der Waals surface area (Å²) in [5.74, 6) is 0. The maximum atomic E-state index is 8.49. The molecule has 0 fully saturated rings. The molecule has 0 bridgehead atoms. The van der Waals surface area contributed by atoms with Gasteiger partial charge in [0.05, 0.1) is 0 Å². The smallest absolute Gasteiger partial charge is 0.217 e. The number of unbranched alkanes of at least 4 members (excludes halogenated alkanes) is 1. The van der Waals surface area contributed by atoms with Crippen molar-refractivity contribution in [3.8, 4) is 33.6 Å². The van der Waals surface area contributed by atoms with Crippen LogP contribution < -0.4 is 23.2 Å². The Balaban J connectivity index is 0.000000527. The van der Waals surface area contributed by atoms with Gasteiger partial charge < -0.3 is 0 Å². The summed E-state index contributed by atoms with van der Waals surface area (Å²) in [6, 6.07) is 33.2. The first-order chi connectivity index (χ1) is 16.9. The molecule has 0 aliphatic heterocycles. The number of halogens is 1. The minimum atomic E-state index is -4.94. The lowest BCUT2D eigenvalue weighted by molar-refractivity contribution is -2.00. The second kappa shape index (κ2) is 11.1. The molecule has 0 spiro atoms. The molecule has 180 valence electrons. The average molecular weight is 490 g/mol. The molecule has 0 atom stereocenters. The van der Waals surface area contributed by atoms with Crippen LogP contribution in [0.25, 0.3) is 33.6 Å². The summed E-state index contributed by atoms with van der Waals surface area (Å²) < 4.78 is 36.6. The number of fused-ring (bicyclic) bond motifs is 3. The predicted octanol–water partition coefficient (Wildman–Crippen LogP) is 2.12. The largest absolute Gasteiger partial charge is 0.222 e. The number of hydrogen-bond donors (Lipinski definition) is 0. The molecule has 0 N–H and O–H groups in total. The van der Waals surface area contributed by atoms with Crippen molar-refractivity contribution in [2.24, 2.45) is 0 Å². The van der Waals surface area contributed by atoms with Crippen LogP contribution >= 0.6 is 0 Å². The zero-order chi connectivity index (χ0) is 24.8. The predicted molar refractivity (Wildman–Crippen MR) is 125 cm³/mol. The molecule has 35 heavy (non-hydrogen) atoms. The summed E-state index contributed by atoms with van der Waals surface area (Å²) in [4.78, 5) is 0. The number of benzene rings is 3. The average Bonchev–Trinajstić information content (AvgIpc) is 2.86. The zero-order valence-corrected chi connectivity index (χ0v) is 20.4. The third-order valence-corrected chi connectivity index (χ3v) is 6.26. The van der Waals surface area contributed by atoms with Gasteiger partial charge in [-0.1, -0.05) is 80.1 Å². The molecule has 1 heterocycles. The van der Waals surface area contributed by atoms with Crippen molar-refractivity contribution in [3.05, 3.63) is 102 Å². The Hall–Kier alpha value is -3.06. The highest BCUT2D eigenvalue weighted by Gasteiger charge is 2.31. The number of rotatable bonds is 5. The number of nitrogens with zero attached hydrogens (tertiary/aromatic N) is 1. The molecule has 0 saturated carbocycles. The maximum Gasteiger partial charge on any atom is 0.217 e. The van der Waals surface area contributed by atoms with E-state index in [1.54, 1.807) is 0 Å². The van der Waals surface area contributed by atoms with E-state index in [1.807, 2.05) is 0 Å². The first-order valence-electron chi connectivity index (χ1n) is 11.8. The minimum absolute atomic E-state index is 1.05. The fourth-order valence-electron chi connectivity index (χ4n) is 4.77. The van der Waals surface area contributed by atoms with Crippen LogP contribution in [-0.2, 0) is 19.4 Å². The summed E-state index contributed by atoms with van der Waals surface area (Å²) in [6.07, 6.45) is 4.58. The molecule has 0 unspecified atom stereocenters. The molecule has 5 rings (SSSR count). The van der Waals surface area contributed by atoms with Gasteiger partial charge in [-0.3, -0.25) is 0 Å². The van der Waals surface area contributed by atoms with E-state index < -0.39 is 10.2 Å². The number of pyridine rings is 1. The van der Waals surface area contributed by atoms with Gasteiger partial charge in [0.15, 0.2) is 0 Å². The molecule has 3 aromatic carbocycles. The van der Waals surface area contributed by atoms with Gasteiger partial charge in [-0.2, -0.15) is 4.57 Å². The number of aryl methyl sites for hydroxylation is 1. The molecule has 6 heteroatoms. The highest BCUT2D eigenvalue weighted by Crippen LogP contribution is 2.39. The van der Waals surface area contributed by atoms with Crippen molar-refractivity contribution in [1.29, 1.82) is 0 Å². The van der Waals surface area contributed by atoms with E-state index in [2.05, 4.69) is 102 Å². The van der Waals surface area contributed by atoms with Crippen molar-refractivity contribution in [3.63, 3.8) is 0 Å². The van der Waals surface area contributed by atoms with Gasteiger partial charge in [0, 0.05) is 29.2 Å². The lowest BCUT2D eigenvalue weighted by atomic mass is 9.83. The van der Waals surface area contributed by atoms with Crippen molar-refractivity contribution >= 4 is 0 Å². The molecule has 0 saturated heterocycles. The second-order valence-electron chi connectivity index (χ2n) is 8.54. The molecule has 0 radical (unpaired) electrons. The van der Waals surface area contributed by atoms with E-state index in [0.29, 0.717) is 0 Å². The molecule has 1 aliphatic rings. The Morgan fingerprint density at radius 3 is 1.91 bits per heavy atom. The summed E-state index contributed by atoms with van der Waals surface area (Å²) in [7, 11) is -4.94. The van der Waals surface area contributed by atoms with Gasteiger partial charge in [0.1, 0.15) is 6.54 Å². The van der Waals surface area contributed by atoms with Crippen LogP contribution in [0.2, 0.25) is 0 Å². The fourth-order valence-corrected chi connectivity index (χ4v) is 4.77. The van der Waals surface area contributed by atoms with Crippen molar-refractivity contribution < 1.29 is 33.4 Å². The standard InChI is InChI=1S/C29H28N.ClHO4/c1-2-3-20-30-28(24-15-8-5-9-16-24)21-27(22-12-6-4-7-13-22)26-19-18-23-14-10-11-17-25(23)29(26)30;2-1(3,4)5/h4-17,21H,2-3,18-20H2,1H3;(H,2,3,4,5)/q+1;/p-1. The summed E-state index contributed by atoms with van der Waals surface area (Å²) in [5, 5.41) is 0. The lowest BCUT2D eigenvalue weighted by Crippen LogP contribution is -2.68. The number of aromatic nitrogens is 1. The Morgan fingerprint density at radius 2 is 1.29 bits per heavy atom. The van der Waals surface area contributed by atoms with Gasteiger partial charge in [-0.15, -0.1) is 10.2 Å². The second-order valence-corrected chi connectivity index (χ2v) is 9.30. The number of hydrogen-bond acceptors (Lipinski definition) is 4. The maximum absolute atomic E-state index is 8.49. The first kappa shape index (κ1) is 25.0. The molecule has 5 nitrogen and oxygen atoms in total. The third-order valence-electron chi connectivity index (χ3n) is 6.26. The van der Waals surface area contributed by atoms with E-state index in [1.165, 1.54) is 57.6 Å². The van der Waals surface area contributed by atoms with Crippen molar-refractivity contribution in [1.82, 2.24) is 0 Å². The highest BCUT2D eigenvalue weighted by molar-refractivity contribution is 5.80. The topological polar surface area (TPSA) is 96.1 Å². The molecule has 0 amide bonds. The Kier molecular flexibility index (Phi) is 7.96. The van der Waals surface area contributed by atoms with Crippen molar-refractivity contribution in [2.45, 2.75) is 39.2 Å². The fraction of sp³-hybridized carbons (Fsp3) is 0.207. The summed E-state index contributed by atoms with van der Waals surface area (Å²) >= 11 is 0. The van der Waals surface area contributed by atoms with Crippen LogP contribution in [0.15, 0.2) is 91.0 Å². The van der Waals surface area contributed by atoms with E-state index in [0.717, 1.165) is 19.4 Å². The Labute approximate surface area is 208 Å². The van der Waals surface area contributed by atoms with E-state index >= 15 is 0 Å². The lowest BCUT2D eigenvalue weighted by Gasteiger charge is -2.23. The molecule has 4 aromatic rings. The quantitative estimate of drug-likeness (QED) is 0.401. The van der Waals surface area contributed by atoms with Gasteiger partial charge in [0.25, 0.3) is 0 Å². The van der Waals surface area contributed by atoms with Crippen LogP contribution in [0.5, 0.6) is 0 Å². The van der Waals surface area contributed by atoms with Gasteiger partial charge in [-0.25, -0.2) is 18.6 Å². The van der Waals surface area contributed by atoms with Crippen LogP contribution in [0.3, 0.4) is 0 Å². The molecular formula is C29H28ClNO4. The third kappa shape index (κ3) is 6.14. The van der Waals surface area contributed by atoms with Gasteiger partial charge in [0.2, 0.25) is 11.4 Å². The van der Waals surface area contributed by atoms with Crippen LogP contribution in [0, 0.1) is 10.2 Å². The first-order valence-corrected chi connectivity index (χ1v) is 13.0. The Bertz CT molecular complexity index is 1270. The monoisotopic (exact) mass is 489 g/mol. The van der Waals surface area contributed by atoms with Crippen molar-refractivity contribution in [2.75, 3.05) is 0 Å². The molecule has 1 aliphatic carbocycles. The van der Waals surface area contributed by atoms with Crippen LogP contribution in [-0.4, -0.2) is 0 Å². The molecule has 1 aromatic heterocycles. The highest BCUT2D eigenvalue weighted by atomic mass is 35.7. The zero-order valence-electron chi connectivity index (χ0n) is 19.7. The summed E-state index contributed by atoms with van der Waals surface area (Å²) in [5.41, 5.74) is 11.1. The van der Waals surface area contributed by atoms with Crippen LogP contribution in [0.1, 0.15) is 30.9 Å². The SMILES string of the molecule is CCCC[n+]1c(-c2ccccc2)cc(-c2ccccc2)c2c1-c1ccccc1CC2.[O-][Cl+3]([O-])([O-])[O-]. The van der Waals surface area contributed by atoms with Gasteiger partial charge >= 0.3 is 0 Å². The Morgan fingerprint density at radius 1 is 0.714 bits per heavy atom. The van der Waals surface area contributed by atoms with Gasteiger partial charge in [-0.05, 0) is 47.7 Å². The normalized spacial score (nSPS) is 12.3. The van der Waals surface area contributed by atoms with E-state index in [-0.39, 0.29) is 0 Å². The molecular weight excluding hydrogens is 462 g/mol. The summed E-state index contributed by atoms with van der Waals surface area (Å²) in [6.45, 7) is 3.33. The minimum Gasteiger partial charge on any atom is -0.222 e. The van der Waals surface area contributed by atoms with E-state index in [9.17, 15) is 0 Å². The van der Waals surface area contributed by atoms with E-state index in [4.69, 9.17) is 18.6 Å².